The van der Waals surface area contributed by atoms with Crippen LogP contribution >= 0.6 is 11.3 Å². The number of rotatable bonds is 3. The van der Waals surface area contributed by atoms with Crippen LogP contribution in [0.2, 0.25) is 0 Å². The molecule has 0 aliphatic rings. The molecule has 0 unspecified atom stereocenters. The van der Waals surface area contributed by atoms with Gasteiger partial charge in [0.2, 0.25) is 0 Å². The summed E-state index contributed by atoms with van der Waals surface area (Å²) in [6.45, 7) is 0. The standard InChI is InChI=1S/C11H9N3O4S/c1-18-11(15)8-9(12)19-10(13-8)6-2-4-7(5-3-6)14(16)17/h2-5H,12H2,1H3. The fourth-order valence-electron chi connectivity index (χ4n) is 1.42. The Kier molecular flexibility index (Phi) is 3.43. The zero-order valence-electron chi connectivity index (χ0n) is 9.82. The number of nitro groups is 1. The first kappa shape index (κ1) is 13.0. The third-order valence-electron chi connectivity index (χ3n) is 2.36. The van der Waals surface area contributed by atoms with Gasteiger partial charge >= 0.3 is 5.97 Å². The monoisotopic (exact) mass is 279 g/mol. The first-order chi connectivity index (χ1) is 9.02. The Bertz CT molecular complexity index is 636. The summed E-state index contributed by atoms with van der Waals surface area (Å²) in [5, 5.41) is 11.3. The van der Waals surface area contributed by atoms with Crippen LogP contribution in [0.3, 0.4) is 0 Å². The summed E-state index contributed by atoms with van der Waals surface area (Å²) in [4.78, 5) is 25.5. The molecule has 1 heterocycles. The smallest absolute Gasteiger partial charge is 0.359 e. The average Bonchev–Trinajstić information content (AvgIpc) is 2.80. The molecule has 2 N–H and O–H groups in total. The number of thiazole rings is 1. The number of hydrogen-bond acceptors (Lipinski definition) is 7. The van der Waals surface area contributed by atoms with E-state index >= 15 is 0 Å². The van der Waals surface area contributed by atoms with E-state index in [0.29, 0.717) is 10.6 Å². The fraction of sp³-hybridized carbons (Fsp3) is 0.0909. The van der Waals surface area contributed by atoms with Crippen molar-refractivity contribution in [3.63, 3.8) is 0 Å². The maximum Gasteiger partial charge on any atom is 0.359 e. The highest BCUT2D eigenvalue weighted by molar-refractivity contribution is 7.19. The van der Waals surface area contributed by atoms with E-state index in [0.717, 1.165) is 11.3 Å². The van der Waals surface area contributed by atoms with Crippen molar-refractivity contribution < 1.29 is 14.5 Å². The van der Waals surface area contributed by atoms with Crippen LogP contribution in [-0.2, 0) is 4.74 Å². The Morgan fingerprint density at radius 3 is 2.58 bits per heavy atom. The first-order valence-corrected chi connectivity index (χ1v) is 5.94. The van der Waals surface area contributed by atoms with Crippen LogP contribution in [-0.4, -0.2) is 23.0 Å². The van der Waals surface area contributed by atoms with Crippen molar-refractivity contribution in [2.75, 3.05) is 12.8 Å². The number of nitrogen functional groups attached to an aromatic ring is 1. The molecule has 1 aromatic carbocycles. The highest BCUT2D eigenvalue weighted by atomic mass is 32.1. The SMILES string of the molecule is COC(=O)c1nc(-c2ccc([N+](=O)[O-])cc2)sc1N. The molecule has 98 valence electrons. The second kappa shape index (κ2) is 5.02. The predicted molar refractivity (Wildman–Crippen MR) is 70.0 cm³/mol. The number of benzene rings is 1. The van der Waals surface area contributed by atoms with E-state index in [1.807, 2.05) is 0 Å². The third-order valence-corrected chi connectivity index (χ3v) is 3.29. The largest absolute Gasteiger partial charge is 0.464 e. The van der Waals surface area contributed by atoms with E-state index in [1.54, 1.807) is 12.1 Å². The molecule has 0 amide bonds. The summed E-state index contributed by atoms with van der Waals surface area (Å²) in [5.74, 6) is -0.609. The Hall–Kier alpha value is -2.48. The van der Waals surface area contributed by atoms with Crippen LogP contribution in [0.4, 0.5) is 10.7 Å². The molecular weight excluding hydrogens is 270 g/mol. The molecular formula is C11H9N3O4S. The Labute approximate surface area is 111 Å². The van der Waals surface area contributed by atoms with Crippen LogP contribution in [0.5, 0.6) is 0 Å². The second-order valence-electron chi connectivity index (χ2n) is 3.53. The van der Waals surface area contributed by atoms with Crippen LogP contribution < -0.4 is 5.73 Å². The van der Waals surface area contributed by atoms with Gasteiger partial charge in [-0.15, -0.1) is 0 Å². The lowest BCUT2D eigenvalue weighted by molar-refractivity contribution is -0.384. The van der Waals surface area contributed by atoms with Crippen molar-refractivity contribution in [3.8, 4) is 10.6 Å². The number of carbonyl (C=O) groups is 1. The summed E-state index contributed by atoms with van der Waals surface area (Å²) in [6, 6.07) is 5.84. The van der Waals surface area contributed by atoms with Gasteiger partial charge in [-0.05, 0) is 12.1 Å². The van der Waals surface area contributed by atoms with E-state index in [-0.39, 0.29) is 16.4 Å². The number of non-ortho nitro benzene ring substituents is 1. The van der Waals surface area contributed by atoms with Crippen molar-refractivity contribution >= 4 is 28.0 Å². The number of carbonyl (C=O) groups excluding carboxylic acids is 1. The number of hydrogen-bond donors (Lipinski definition) is 1. The number of aromatic nitrogens is 1. The van der Waals surface area contributed by atoms with Gasteiger partial charge in [0.1, 0.15) is 10.0 Å². The van der Waals surface area contributed by atoms with E-state index in [1.165, 1.54) is 19.2 Å². The van der Waals surface area contributed by atoms with Gasteiger partial charge < -0.3 is 10.5 Å². The van der Waals surface area contributed by atoms with Gasteiger partial charge in [0.05, 0.1) is 12.0 Å². The highest BCUT2D eigenvalue weighted by Gasteiger charge is 2.17. The number of esters is 1. The summed E-state index contributed by atoms with van der Waals surface area (Å²) in [6.07, 6.45) is 0. The number of nitrogens with two attached hydrogens (primary N) is 1. The molecule has 0 aliphatic carbocycles. The lowest BCUT2D eigenvalue weighted by Gasteiger charge is -1.95. The van der Waals surface area contributed by atoms with E-state index in [9.17, 15) is 14.9 Å². The molecule has 0 spiro atoms. The summed E-state index contributed by atoms with van der Waals surface area (Å²) in [5.41, 5.74) is 6.37. The van der Waals surface area contributed by atoms with Gasteiger partial charge in [-0.2, -0.15) is 0 Å². The molecule has 0 saturated carbocycles. The minimum absolute atomic E-state index is 0.0125. The lowest BCUT2D eigenvalue weighted by Crippen LogP contribution is -2.04. The van der Waals surface area contributed by atoms with Crippen LogP contribution in [0, 0.1) is 10.1 Å². The molecule has 19 heavy (non-hydrogen) atoms. The Morgan fingerprint density at radius 2 is 2.05 bits per heavy atom. The molecule has 2 aromatic rings. The Balaban J connectivity index is 2.37. The third kappa shape index (κ3) is 2.52. The van der Waals surface area contributed by atoms with E-state index in [4.69, 9.17) is 5.73 Å². The van der Waals surface area contributed by atoms with E-state index < -0.39 is 10.9 Å². The number of anilines is 1. The molecule has 0 atom stereocenters. The minimum Gasteiger partial charge on any atom is -0.464 e. The molecule has 1 aromatic heterocycles. The minimum atomic E-state index is -0.609. The maximum atomic E-state index is 11.4. The van der Waals surface area contributed by atoms with Crippen LogP contribution in [0.1, 0.15) is 10.5 Å². The van der Waals surface area contributed by atoms with Crippen molar-refractivity contribution in [2.24, 2.45) is 0 Å². The zero-order chi connectivity index (χ0) is 14.0. The number of methoxy groups -OCH3 is 1. The zero-order valence-corrected chi connectivity index (χ0v) is 10.6. The van der Waals surface area contributed by atoms with Gasteiger partial charge in [0.25, 0.3) is 5.69 Å². The maximum absolute atomic E-state index is 11.4. The summed E-state index contributed by atoms with van der Waals surface area (Å²) < 4.78 is 4.55. The molecule has 7 nitrogen and oxygen atoms in total. The van der Waals surface area contributed by atoms with E-state index in [2.05, 4.69) is 9.72 Å². The van der Waals surface area contributed by atoms with Crippen molar-refractivity contribution in [3.05, 3.63) is 40.1 Å². The normalized spacial score (nSPS) is 10.2. The van der Waals surface area contributed by atoms with Crippen molar-refractivity contribution in [2.45, 2.75) is 0 Å². The van der Waals surface area contributed by atoms with Gasteiger partial charge in [-0.1, -0.05) is 11.3 Å². The second-order valence-corrected chi connectivity index (χ2v) is 4.56. The topological polar surface area (TPSA) is 108 Å². The fourth-order valence-corrected chi connectivity index (χ4v) is 2.25. The van der Waals surface area contributed by atoms with Crippen LogP contribution in [0.25, 0.3) is 10.6 Å². The number of nitro benzene ring substituents is 1. The lowest BCUT2D eigenvalue weighted by atomic mass is 10.2. The average molecular weight is 279 g/mol. The van der Waals surface area contributed by atoms with Gasteiger partial charge in [0, 0.05) is 17.7 Å². The van der Waals surface area contributed by atoms with Gasteiger partial charge in [-0.3, -0.25) is 10.1 Å². The molecule has 0 saturated heterocycles. The Morgan fingerprint density at radius 1 is 1.42 bits per heavy atom. The molecule has 2 rings (SSSR count). The van der Waals surface area contributed by atoms with Crippen molar-refractivity contribution in [1.29, 1.82) is 0 Å². The van der Waals surface area contributed by atoms with Crippen LogP contribution in [0.15, 0.2) is 24.3 Å². The summed E-state index contributed by atoms with van der Waals surface area (Å²) >= 11 is 1.12. The molecule has 0 fully saturated rings. The quantitative estimate of drug-likeness (QED) is 0.523. The molecule has 0 aliphatic heterocycles. The highest BCUT2D eigenvalue weighted by Crippen LogP contribution is 2.31. The summed E-state index contributed by atoms with van der Waals surface area (Å²) in [7, 11) is 1.24. The first-order valence-electron chi connectivity index (χ1n) is 5.12. The predicted octanol–water partition coefficient (Wildman–Crippen LogP) is 2.09. The van der Waals surface area contributed by atoms with Crippen molar-refractivity contribution in [1.82, 2.24) is 4.98 Å². The number of ether oxygens (including phenoxy) is 1. The number of nitrogens with zero attached hydrogens (tertiary/aromatic N) is 2. The van der Waals surface area contributed by atoms with Gasteiger partial charge in [0.15, 0.2) is 5.69 Å². The van der Waals surface area contributed by atoms with Gasteiger partial charge in [-0.25, -0.2) is 9.78 Å². The molecule has 8 heteroatoms. The molecule has 0 radical (unpaired) electrons. The molecule has 0 bridgehead atoms.